The Hall–Kier alpha value is -3.48. The van der Waals surface area contributed by atoms with Crippen LogP contribution in [0.2, 0.25) is 0 Å². The number of oxazole rings is 1. The van der Waals surface area contributed by atoms with Gasteiger partial charge < -0.3 is 24.5 Å². The summed E-state index contributed by atoms with van der Waals surface area (Å²) >= 11 is 0. The van der Waals surface area contributed by atoms with Crippen LogP contribution in [-0.4, -0.2) is 37.7 Å². The van der Waals surface area contributed by atoms with E-state index in [1.807, 2.05) is 61.5 Å². The van der Waals surface area contributed by atoms with Crippen LogP contribution in [0.5, 0.6) is 11.5 Å². The minimum Gasteiger partial charge on any atom is -0.497 e. The van der Waals surface area contributed by atoms with Gasteiger partial charge >= 0.3 is 0 Å². The van der Waals surface area contributed by atoms with Gasteiger partial charge in [-0.25, -0.2) is 4.98 Å². The zero-order valence-corrected chi connectivity index (χ0v) is 16.9. The molecule has 152 valence electrons. The Morgan fingerprint density at radius 2 is 1.90 bits per heavy atom. The maximum atomic E-state index is 5.91. The summed E-state index contributed by atoms with van der Waals surface area (Å²) in [5.41, 5.74) is 1.75. The number of benzene rings is 2. The Labute approximate surface area is 170 Å². The third kappa shape index (κ3) is 6.00. The van der Waals surface area contributed by atoms with Crippen LogP contribution < -0.4 is 20.1 Å². The van der Waals surface area contributed by atoms with Crippen molar-refractivity contribution in [3.05, 3.63) is 66.6 Å². The number of ether oxygens (including phenoxy) is 2. The molecule has 0 amide bonds. The topological polar surface area (TPSA) is 80.9 Å². The van der Waals surface area contributed by atoms with Gasteiger partial charge in [0.15, 0.2) is 5.96 Å². The molecule has 0 fully saturated rings. The third-order valence-electron chi connectivity index (χ3n) is 4.17. The zero-order valence-electron chi connectivity index (χ0n) is 16.9. The molecule has 0 spiro atoms. The lowest BCUT2D eigenvalue weighted by Crippen LogP contribution is -2.41. The van der Waals surface area contributed by atoms with Gasteiger partial charge in [0.25, 0.3) is 0 Å². The van der Waals surface area contributed by atoms with Crippen LogP contribution >= 0.6 is 0 Å². The summed E-state index contributed by atoms with van der Waals surface area (Å²) in [7, 11) is 3.36. The summed E-state index contributed by atoms with van der Waals surface area (Å²) in [5.74, 6) is 2.79. The van der Waals surface area contributed by atoms with Gasteiger partial charge in [-0.3, -0.25) is 4.99 Å². The number of nitrogens with zero attached hydrogens (tertiary/aromatic N) is 2. The minimum absolute atomic E-state index is 0.0580. The van der Waals surface area contributed by atoms with Gasteiger partial charge in [0.1, 0.15) is 23.9 Å². The molecule has 1 atom stereocenters. The van der Waals surface area contributed by atoms with Crippen LogP contribution in [-0.2, 0) is 6.54 Å². The molecule has 0 aliphatic carbocycles. The summed E-state index contributed by atoms with van der Waals surface area (Å²) in [5, 5.41) is 6.48. The maximum absolute atomic E-state index is 5.91. The van der Waals surface area contributed by atoms with E-state index in [9.17, 15) is 0 Å². The average Bonchev–Trinajstić information content (AvgIpc) is 3.24. The van der Waals surface area contributed by atoms with Crippen LogP contribution in [0.1, 0.15) is 12.6 Å². The first-order valence-corrected chi connectivity index (χ1v) is 9.43. The van der Waals surface area contributed by atoms with E-state index in [1.165, 1.54) is 0 Å². The molecular formula is C22H26N4O3. The second-order valence-corrected chi connectivity index (χ2v) is 6.42. The van der Waals surface area contributed by atoms with E-state index in [1.54, 1.807) is 20.4 Å². The van der Waals surface area contributed by atoms with Crippen LogP contribution in [0.15, 0.2) is 70.3 Å². The number of hydrogen-bond acceptors (Lipinski definition) is 5. The largest absolute Gasteiger partial charge is 0.497 e. The molecule has 0 aliphatic heterocycles. The Bertz CT molecular complexity index is 925. The number of guanidine groups is 1. The normalized spacial score (nSPS) is 12.3. The number of hydrogen-bond donors (Lipinski definition) is 2. The Morgan fingerprint density at radius 3 is 2.66 bits per heavy atom. The molecule has 7 heteroatoms. The first-order valence-electron chi connectivity index (χ1n) is 9.43. The van der Waals surface area contributed by atoms with E-state index in [0.717, 1.165) is 22.8 Å². The van der Waals surface area contributed by atoms with Crippen molar-refractivity contribution in [3.63, 3.8) is 0 Å². The Morgan fingerprint density at radius 1 is 1.10 bits per heavy atom. The quantitative estimate of drug-likeness (QED) is 0.450. The predicted octanol–water partition coefficient (Wildman–Crippen LogP) is 3.48. The van der Waals surface area contributed by atoms with Crippen molar-refractivity contribution < 1.29 is 13.9 Å². The lowest BCUT2D eigenvalue weighted by atomic mass is 10.2. The van der Waals surface area contributed by atoms with Gasteiger partial charge in [0.05, 0.1) is 25.9 Å². The highest BCUT2D eigenvalue weighted by atomic mass is 16.5. The van der Waals surface area contributed by atoms with E-state index in [2.05, 4.69) is 20.6 Å². The molecule has 0 radical (unpaired) electrons. The third-order valence-corrected chi connectivity index (χ3v) is 4.17. The van der Waals surface area contributed by atoms with Crippen LogP contribution in [0, 0.1) is 0 Å². The first kappa shape index (κ1) is 20.3. The minimum atomic E-state index is -0.0580. The summed E-state index contributed by atoms with van der Waals surface area (Å²) in [4.78, 5) is 8.74. The predicted molar refractivity (Wildman–Crippen MR) is 113 cm³/mol. The van der Waals surface area contributed by atoms with E-state index < -0.39 is 0 Å². The molecule has 3 aromatic rings. The van der Waals surface area contributed by atoms with Gasteiger partial charge in [-0.15, -0.1) is 0 Å². The zero-order chi connectivity index (χ0) is 20.5. The maximum Gasteiger partial charge on any atom is 0.226 e. The highest BCUT2D eigenvalue weighted by Crippen LogP contribution is 2.20. The highest BCUT2D eigenvalue weighted by molar-refractivity contribution is 5.79. The molecule has 2 N–H and O–H groups in total. The van der Waals surface area contributed by atoms with Crippen LogP contribution in [0.3, 0.4) is 0 Å². The van der Waals surface area contributed by atoms with E-state index in [-0.39, 0.29) is 6.10 Å². The SMILES string of the molecule is CN=C(NCc1coc(-c2ccccc2)n1)NCC(C)Oc1cccc(OC)c1. The smallest absolute Gasteiger partial charge is 0.226 e. The standard InChI is InChI=1S/C22H26N4O3/c1-16(29-20-11-7-10-19(12-20)27-3)13-24-22(23-2)25-14-18-15-28-21(26-18)17-8-5-4-6-9-17/h4-12,15-16H,13-14H2,1-3H3,(H2,23,24,25). The monoisotopic (exact) mass is 394 g/mol. The van der Waals surface area contributed by atoms with Crippen molar-refractivity contribution in [2.75, 3.05) is 20.7 Å². The molecule has 3 rings (SSSR count). The first-order chi connectivity index (χ1) is 14.2. The van der Waals surface area contributed by atoms with Gasteiger partial charge in [-0.2, -0.15) is 0 Å². The van der Waals surface area contributed by atoms with Gasteiger partial charge in [-0.05, 0) is 31.2 Å². The Kier molecular flexibility index (Phi) is 7.10. The summed E-state index contributed by atoms with van der Waals surface area (Å²) in [6, 6.07) is 17.4. The van der Waals surface area contributed by atoms with E-state index in [0.29, 0.717) is 24.9 Å². The molecule has 7 nitrogen and oxygen atoms in total. The number of aliphatic imine (C=N–C) groups is 1. The van der Waals surface area contributed by atoms with Gasteiger partial charge in [0, 0.05) is 18.7 Å². The summed E-state index contributed by atoms with van der Waals surface area (Å²) < 4.78 is 16.7. The number of methoxy groups -OCH3 is 1. The van der Waals surface area contributed by atoms with Crippen molar-refractivity contribution >= 4 is 5.96 Å². The van der Waals surface area contributed by atoms with Crippen molar-refractivity contribution in [2.45, 2.75) is 19.6 Å². The lowest BCUT2D eigenvalue weighted by molar-refractivity contribution is 0.223. The van der Waals surface area contributed by atoms with Crippen molar-refractivity contribution in [3.8, 4) is 23.0 Å². The van der Waals surface area contributed by atoms with Crippen LogP contribution in [0.4, 0.5) is 0 Å². The van der Waals surface area contributed by atoms with Gasteiger partial charge in [0.2, 0.25) is 5.89 Å². The second kappa shape index (κ2) is 10.2. The molecule has 1 heterocycles. The fourth-order valence-electron chi connectivity index (χ4n) is 2.69. The molecule has 1 aromatic heterocycles. The number of aromatic nitrogens is 1. The highest BCUT2D eigenvalue weighted by Gasteiger charge is 2.09. The van der Waals surface area contributed by atoms with E-state index in [4.69, 9.17) is 13.9 Å². The summed E-state index contributed by atoms with van der Waals surface area (Å²) in [6.45, 7) is 3.08. The number of rotatable bonds is 8. The fourth-order valence-corrected chi connectivity index (χ4v) is 2.69. The summed E-state index contributed by atoms with van der Waals surface area (Å²) in [6.07, 6.45) is 1.59. The molecule has 0 aliphatic rings. The molecule has 29 heavy (non-hydrogen) atoms. The lowest BCUT2D eigenvalue weighted by Gasteiger charge is -2.17. The number of nitrogens with one attached hydrogen (secondary N) is 2. The molecular weight excluding hydrogens is 368 g/mol. The molecule has 2 aromatic carbocycles. The average molecular weight is 394 g/mol. The van der Waals surface area contributed by atoms with Crippen LogP contribution in [0.25, 0.3) is 11.5 Å². The van der Waals surface area contributed by atoms with E-state index >= 15 is 0 Å². The second-order valence-electron chi connectivity index (χ2n) is 6.42. The molecule has 0 saturated carbocycles. The molecule has 0 bridgehead atoms. The van der Waals surface area contributed by atoms with Crippen molar-refractivity contribution in [1.82, 2.24) is 15.6 Å². The molecule has 0 saturated heterocycles. The molecule has 1 unspecified atom stereocenters. The van der Waals surface area contributed by atoms with Gasteiger partial charge in [-0.1, -0.05) is 24.3 Å². The van der Waals surface area contributed by atoms with Crippen molar-refractivity contribution in [1.29, 1.82) is 0 Å². The van der Waals surface area contributed by atoms with Crippen molar-refractivity contribution in [2.24, 2.45) is 4.99 Å². The Balaban J connectivity index is 1.46. The fraction of sp³-hybridized carbons (Fsp3) is 0.273.